The van der Waals surface area contributed by atoms with Crippen molar-refractivity contribution in [1.29, 1.82) is 0 Å². The third-order valence-electron chi connectivity index (χ3n) is 5.45. The third-order valence-corrected chi connectivity index (χ3v) is 5.45. The third kappa shape index (κ3) is 5.09. The van der Waals surface area contributed by atoms with Gasteiger partial charge in [-0.05, 0) is 54.1 Å². The highest BCUT2D eigenvalue weighted by atomic mass is 19.1. The molecule has 5 nitrogen and oxygen atoms in total. The lowest BCUT2D eigenvalue weighted by molar-refractivity contribution is 0.0746. The molecule has 0 radical (unpaired) electrons. The van der Waals surface area contributed by atoms with Gasteiger partial charge in [0, 0.05) is 49.5 Å². The van der Waals surface area contributed by atoms with Crippen LogP contribution < -0.4 is 10.2 Å². The van der Waals surface area contributed by atoms with E-state index in [1.165, 1.54) is 12.1 Å². The van der Waals surface area contributed by atoms with E-state index in [0.717, 1.165) is 11.3 Å². The van der Waals surface area contributed by atoms with Crippen molar-refractivity contribution in [2.75, 3.05) is 31.1 Å². The summed E-state index contributed by atoms with van der Waals surface area (Å²) in [4.78, 5) is 29.0. The molecule has 6 heteroatoms. The van der Waals surface area contributed by atoms with E-state index in [2.05, 4.69) is 10.2 Å². The van der Waals surface area contributed by atoms with Crippen LogP contribution in [0.2, 0.25) is 0 Å². The van der Waals surface area contributed by atoms with Crippen LogP contribution in [0.3, 0.4) is 0 Å². The van der Waals surface area contributed by atoms with Gasteiger partial charge < -0.3 is 15.1 Å². The molecule has 0 spiro atoms. The molecule has 0 bridgehead atoms. The highest BCUT2D eigenvalue weighted by Gasteiger charge is 2.22. The van der Waals surface area contributed by atoms with Crippen LogP contribution in [0.4, 0.5) is 10.1 Å². The summed E-state index contributed by atoms with van der Waals surface area (Å²) in [7, 11) is 0. The van der Waals surface area contributed by atoms with Crippen LogP contribution in [-0.2, 0) is 6.54 Å². The summed E-state index contributed by atoms with van der Waals surface area (Å²) >= 11 is 0. The van der Waals surface area contributed by atoms with Crippen LogP contribution in [0.15, 0.2) is 78.9 Å². The van der Waals surface area contributed by atoms with Gasteiger partial charge in [0.1, 0.15) is 5.82 Å². The van der Waals surface area contributed by atoms with Gasteiger partial charge in [0.2, 0.25) is 0 Å². The lowest BCUT2D eigenvalue weighted by atomic mass is 10.1. The van der Waals surface area contributed by atoms with Gasteiger partial charge in [-0.2, -0.15) is 0 Å². The zero-order chi connectivity index (χ0) is 21.6. The number of hydrogen-bond donors (Lipinski definition) is 1. The molecule has 31 heavy (non-hydrogen) atoms. The van der Waals surface area contributed by atoms with Gasteiger partial charge in [0.15, 0.2) is 0 Å². The van der Waals surface area contributed by atoms with Gasteiger partial charge in [0.05, 0.1) is 0 Å². The first-order valence-corrected chi connectivity index (χ1v) is 10.3. The zero-order valence-electron chi connectivity index (χ0n) is 17.1. The van der Waals surface area contributed by atoms with E-state index in [1.54, 1.807) is 36.4 Å². The molecule has 0 aromatic heterocycles. The van der Waals surface area contributed by atoms with Crippen molar-refractivity contribution in [1.82, 2.24) is 10.2 Å². The smallest absolute Gasteiger partial charge is 0.253 e. The van der Waals surface area contributed by atoms with Crippen LogP contribution in [0.1, 0.15) is 26.3 Å². The Morgan fingerprint density at radius 2 is 1.42 bits per heavy atom. The Morgan fingerprint density at radius 3 is 2.06 bits per heavy atom. The van der Waals surface area contributed by atoms with Gasteiger partial charge in [-0.15, -0.1) is 0 Å². The number of nitrogens with zero attached hydrogens (tertiary/aromatic N) is 2. The minimum absolute atomic E-state index is 0.00127. The van der Waals surface area contributed by atoms with E-state index in [1.807, 2.05) is 35.2 Å². The molecule has 1 heterocycles. The average molecular weight is 417 g/mol. The van der Waals surface area contributed by atoms with Crippen LogP contribution in [0, 0.1) is 5.82 Å². The Balaban J connectivity index is 1.29. The van der Waals surface area contributed by atoms with E-state index in [9.17, 15) is 14.0 Å². The number of rotatable bonds is 5. The number of hydrogen-bond acceptors (Lipinski definition) is 3. The standard InChI is InChI=1S/C25H24FN3O2/c26-22-10-12-23(13-11-22)28-14-16-29(17-15-28)25(31)21-8-6-19(7-9-21)18-27-24(30)20-4-2-1-3-5-20/h1-13H,14-18H2,(H,27,30). The summed E-state index contributed by atoms with van der Waals surface area (Å²) in [6.07, 6.45) is 0. The first kappa shape index (κ1) is 20.6. The van der Waals surface area contributed by atoms with E-state index in [4.69, 9.17) is 0 Å². The fraction of sp³-hybridized carbons (Fsp3) is 0.200. The maximum Gasteiger partial charge on any atom is 0.253 e. The summed E-state index contributed by atoms with van der Waals surface area (Å²) in [5.74, 6) is -0.376. The molecule has 1 fully saturated rings. The van der Waals surface area contributed by atoms with Crippen LogP contribution in [0.25, 0.3) is 0 Å². The first-order valence-electron chi connectivity index (χ1n) is 10.3. The highest BCUT2D eigenvalue weighted by Crippen LogP contribution is 2.18. The number of anilines is 1. The van der Waals surface area contributed by atoms with Crippen molar-refractivity contribution >= 4 is 17.5 Å². The van der Waals surface area contributed by atoms with Crippen molar-refractivity contribution in [3.63, 3.8) is 0 Å². The van der Waals surface area contributed by atoms with Crippen molar-refractivity contribution in [2.24, 2.45) is 0 Å². The maximum absolute atomic E-state index is 13.1. The second-order valence-electron chi connectivity index (χ2n) is 7.50. The predicted octanol–water partition coefficient (Wildman–Crippen LogP) is 3.72. The minimum atomic E-state index is -0.249. The lowest BCUT2D eigenvalue weighted by Crippen LogP contribution is -2.48. The summed E-state index contributed by atoms with van der Waals surface area (Å²) < 4.78 is 13.1. The SMILES string of the molecule is O=C(NCc1ccc(C(=O)N2CCN(c3ccc(F)cc3)CC2)cc1)c1ccccc1. The second kappa shape index (κ2) is 9.43. The number of nitrogens with one attached hydrogen (secondary N) is 1. The largest absolute Gasteiger partial charge is 0.368 e. The summed E-state index contributed by atoms with van der Waals surface area (Å²) in [6, 6.07) is 22.9. The Bertz CT molecular complexity index is 1030. The fourth-order valence-electron chi connectivity index (χ4n) is 3.64. The van der Waals surface area contributed by atoms with Crippen LogP contribution in [0.5, 0.6) is 0 Å². The zero-order valence-corrected chi connectivity index (χ0v) is 17.1. The van der Waals surface area contributed by atoms with Crippen molar-refractivity contribution in [3.8, 4) is 0 Å². The van der Waals surface area contributed by atoms with Gasteiger partial charge in [-0.25, -0.2) is 4.39 Å². The molecule has 0 saturated carbocycles. The molecule has 3 aromatic carbocycles. The quantitative estimate of drug-likeness (QED) is 0.689. The van der Waals surface area contributed by atoms with Crippen LogP contribution in [-0.4, -0.2) is 42.9 Å². The Morgan fingerprint density at radius 1 is 0.774 bits per heavy atom. The molecule has 0 aliphatic carbocycles. The van der Waals surface area contributed by atoms with E-state index >= 15 is 0 Å². The maximum atomic E-state index is 13.1. The average Bonchev–Trinajstić information content (AvgIpc) is 2.83. The molecule has 1 saturated heterocycles. The Hall–Kier alpha value is -3.67. The minimum Gasteiger partial charge on any atom is -0.368 e. The summed E-state index contributed by atoms with van der Waals surface area (Å²) in [6.45, 7) is 3.05. The molecule has 1 aliphatic rings. The molecule has 0 atom stereocenters. The van der Waals surface area contributed by atoms with Crippen molar-refractivity contribution < 1.29 is 14.0 Å². The van der Waals surface area contributed by atoms with Gasteiger partial charge >= 0.3 is 0 Å². The summed E-state index contributed by atoms with van der Waals surface area (Å²) in [5, 5.41) is 2.89. The molecule has 3 aromatic rings. The predicted molar refractivity (Wildman–Crippen MR) is 119 cm³/mol. The molecule has 1 aliphatic heterocycles. The Labute approximate surface area is 181 Å². The number of benzene rings is 3. The topological polar surface area (TPSA) is 52.7 Å². The lowest BCUT2D eigenvalue weighted by Gasteiger charge is -2.36. The number of piperazine rings is 1. The Kier molecular flexibility index (Phi) is 6.26. The first-order chi connectivity index (χ1) is 15.1. The summed E-state index contributed by atoms with van der Waals surface area (Å²) in [5.41, 5.74) is 3.15. The number of halogens is 1. The van der Waals surface area contributed by atoms with Crippen molar-refractivity contribution in [2.45, 2.75) is 6.54 Å². The molecular weight excluding hydrogens is 393 g/mol. The van der Waals surface area contributed by atoms with Crippen LogP contribution >= 0.6 is 0 Å². The highest BCUT2D eigenvalue weighted by molar-refractivity contribution is 5.95. The second-order valence-corrected chi connectivity index (χ2v) is 7.50. The molecule has 1 N–H and O–H groups in total. The number of amides is 2. The molecular formula is C25H24FN3O2. The number of carbonyl (C=O) groups is 2. The monoisotopic (exact) mass is 417 g/mol. The molecule has 158 valence electrons. The van der Waals surface area contributed by atoms with E-state index < -0.39 is 0 Å². The molecule has 2 amide bonds. The van der Waals surface area contributed by atoms with E-state index in [0.29, 0.717) is 43.9 Å². The molecule has 0 unspecified atom stereocenters. The van der Waals surface area contributed by atoms with E-state index in [-0.39, 0.29) is 17.6 Å². The number of carbonyl (C=O) groups excluding carboxylic acids is 2. The molecule has 4 rings (SSSR count). The van der Waals surface area contributed by atoms with Gasteiger partial charge in [-0.3, -0.25) is 9.59 Å². The van der Waals surface area contributed by atoms with Crippen molar-refractivity contribution in [3.05, 3.63) is 101 Å². The van der Waals surface area contributed by atoms with Gasteiger partial charge in [0.25, 0.3) is 11.8 Å². The normalized spacial score (nSPS) is 13.7. The van der Waals surface area contributed by atoms with Gasteiger partial charge in [-0.1, -0.05) is 30.3 Å². The fourth-order valence-corrected chi connectivity index (χ4v) is 3.64.